The SMILES string of the molecule is C[C@H]1CC[C@@H](COCC[C@H]2CC[C@@H](CC#N)CC2)CC1. The van der Waals surface area contributed by atoms with Crippen LogP contribution in [0.1, 0.15) is 71.1 Å². The van der Waals surface area contributed by atoms with Crippen LogP contribution in [0.15, 0.2) is 0 Å². The van der Waals surface area contributed by atoms with Crippen LogP contribution in [0.3, 0.4) is 0 Å². The fourth-order valence-corrected chi connectivity index (χ4v) is 3.85. The third kappa shape index (κ3) is 5.44. The van der Waals surface area contributed by atoms with Gasteiger partial charge in [-0.05, 0) is 55.8 Å². The standard InChI is InChI=1S/C18H31NO/c1-15-2-4-18(5-3-15)14-20-13-11-17-8-6-16(7-9-17)10-12-19/h15-18H,2-11,13-14H2,1H3/t15-,16-,17+,18+. The van der Waals surface area contributed by atoms with Gasteiger partial charge >= 0.3 is 0 Å². The van der Waals surface area contributed by atoms with Gasteiger partial charge in [0.05, 0.1) is 6.07 Å². The summed E-state index contributed by atoms with van der Waals surface area (Å²) in [5, 5.41) is 8.73. The zero-order valence-electron chi connectivity index (χ0n) is 13.2. The molecule has 0 aliphatic heterocycles. The van der Waals surface area contributed by atoms with Gasteiger partial charge in [-0.15, -0.1) is 0 Å². The highest BCUT2D eigenvalue weighted by Crippen LogP contribution is 2.32. The Morgan fingerprint density at radius 2 is 1.50 bits per heavy atom. The molecule has 0 amide bonds. The zero-order valence-corrected chi connectivity index (χ0v) is 13.2. The van der Waals surface area contributed by atoms with E-state index < -0.39 is 0 Å². The van der Waals surface area contributed by atoms with Crippen molar-refractivity contribution in [2.45, 2.75) is 71.1 Å². The van der Waals surface area contributed by atoms with Gasteiger partial charge in [0, 0.05) is 19.6 Å². The predicted molar refractivity (Wildman–Crippen MR) is 82.2 cm³/mol. The summed E-state index contributed by atoms with van der Waals surface area (Å²) in [4.78, 5) is 0. The quantitative estimate of drug-likeness (QED) is 0.644. The molecule has 2 aliphatic carbocycles. The smallest absolute Gasteiger partial charge is 0.0624 e. The predicted octanol–water partition coefficient (Wildman–Crippen LogP) is 4.94. The Morgan fingerprint density at radius 3 is 2.15 bits per heavy atom. The second-order valence-corrected chi connectivity index (χ2v) is 7.24. The summed E-state index contributed by atoms with van der Waals surface area (Å²) >= 11 is 0. The van der Waals surface area contributed by atoms with Crippen LogP contribution in [-0.4, -0.2) is 13.2 Å². The van der Waals surface area contributed by atoms with Crippen molar-refractivity contribution >= 4 is 0 Å². The summed E-state index contributed by atoms with van der Waals surface area (Å²) in [6.45, 7) is 4.33. The maximum atomic E-state index is 8.73. The van der Waals surface area contributed by atoms with Crippen LogP contribution in [0.2, 0.25) is 0 Å². The van der Waals surface area contributed by atoms with Crippen LogP contribution in [0, 0.1) is 35.0 Å². The molecule has 2 rings (SSSR count). The van der Waals surface area contributed by atoms with Crippen LogP contribution < -0.4 is 0 Å². The normalized spacial score (nSPS) is 34.6. The first kappa shape index (κ1) is 15.8. The van der Waals surface area contributed by atoms with Gasteiger partial charge in [0.25, 0.3) is 0 Å². The molecule has 0 atom stereocenters. The molecule has 0 saturated heterocycles. The third-order valence-corrected chi connectivity index (χ3v) is 5.51. The van der Waals surface area contributed by atoms with Gasteiger partial charge < -0.3 is 4.74 Å². The molecule has 0 heterocycles. The molecule has 2 aliphatic rings. The first-order chi connectivity index (χ1) is 9.78. The number of rotatable bonds is 6. The number of nitrogens with zero attached hydrogens (tertiary/aromatic N) is 1. The van der Waals surface area contributed by atoms with E-state index in [1.165, 1.54) is 57.8 Å². The van der Waals surface area contributed by atoms with Crippen molar-refractivity contribution in [1.29, 1.82) is 5.26 Å². The maximum absolute atomic E-state index is 8.73. The Hall–Kier alpha value is -0.550. The minimum absolute atomic E-state index is 0.682. The van der Waals surface area contributed by atoms with E-state index in [0.717, 1.165) is 37.4 Å². The molecule has 0 spiro atoms. The Kier molecular flexibility index (Phi) is 6.87. The molecule has 2 heteroatoms. The van der Waals surface area contributed by atoms with Crippen LogP contribution in [0.5, 0.6) is 0 Å². The monoisotopic (exact) mass is 277 g/mol. The molecule has 114 valence electrons. The first-order valence-corrected chi connectivity index (χ1v) is 8.72. The number of nitriles is 1. The van der Waals surface area contributed by atoms with Crippen molar-refractivity contribution in [2.75, 3.05) is 13.2 Å². The van der Waals surface area contributed by atoms with Gasteiger partial charge in [0.1, 0.15) is 0 Å². The fraction of sp³-hybridized carbons (Fsp3) is 0.944. The molecule has 0 N–H and O–H groups in total. The fourth-order valence-electron chi connectivity index (χ4n) is 3.85. The minimum Gasteiger partial charge on any atom is -0.381 e. The van der Waals surface area contributed by atoms with Crippen LogP contribution in [-0.2, 0) is 4.74 Å². The van der Waals surface area contributed by atoms with E-state index in [-0.39, 0.29) is 0 Å². The number of hydrogen-bond donors (Lipinski definition) is 0. The molecule has 20 heavy (non-hydrogen) atoms. The molecule has 2 saturated carbocycles. The Balaban J connectivity index is 1.49. The van der Waals surface area contributed by atoms with E-state index in [0.29, 0.717) is 5.92 Å². The maximum Gasteiger partial charge on any atom is 0.0624 e. The minimum atomic E-state index is 0.682. The van der Waals surface area contributed by atoms with E-state index in [9.17, 15) is 0 Å². The summed E-state index contributed by atoms with van der Waals surface area (Å²) in [6, 6.07) is 2.32. The van der Waals surface area contributed by atoms with Crippen molar-refractivity contribution in [2.24, 2.45) is 23.7 Å². The summed E-state index contributed by atoms with van der Waals surface area (Å²) < 4.78 is 5.93. The van der Waals surface area contributed by atoms with Crippen LogP contribution in [0.4, 0.5) is 0 Å². The van der Waals surface area contributed by atoms with E-state index in [2.05, 4.69) is 13.0 Å². The molecular formula is C18H31NO. The molecular weight excluding hydrogens is 246 g/mol. The van der Waals surface area contributed by atoms with Crippen molar-refractivity contribution in [3.05, 3.63) is 0 Å². The van der Waals surface area contributed by atoms with E-state index in [1.54, 1.807) is 0 Å². The zero-order chi connectivity index (χ0) is 14.2. The van der Waals surface area contributed by atoms with E-state index >= 15 is 0 Å². The highest BCUT2D eigenvalue weighted by atomic mass is 16.5. The summed E-state index contributed by atoms with van der Waals surface area (Å²) in [5.74, 6) is 3.31. The summed E-state index contributed by atoms with van der Waals surface area (Å²) in [5.41, 5.74) is 0. The lowest BCUT2D eigenvalue weighted by Crippen LogP contribution is -2.19. The molecule has 0 aromatic carbocycles. The van der Waals surface area contributed by atoms with Crippen LogP contribution in [0.25, 0.3) is 0 Å². The molecule has 2 nitrogen and oxygen atoms in total. The Bertz CT molecular complexity index is 293. The van der Waals surface area contributed by atoms with E-state index in [1.807, 2.05) is 0 Å². The molecule has 0 radical (unpaired) electrons. The third-order valence-electron chi connectivity index (χ3n) is 5.51. The highest BCUT2D eigenvalue weighted by molar-refractivity contribution is 4.80. The second kappa shape index (κ2) is 8.67. The van der Waals surface area contributed by atoms with Gasteiger partial charge in [-0.3, -0.25) is 0 Å². The first-order valence-electron chi connectivity index (χ1n) is 8.72. The van der Waals surface area contributed by atoms with Gasteiger partial charge in [0.15, 0.2) is 0 Å². The molecule has 0 aromatic rings. The highest BCUT2D eigenvalue weighted by Gasteiger charge is 2.21. The van der Waals surface area contributed by atoms with Crippen LogP contribution >= 0.6 is 0 Å². The van der Waals surface area contributed by atoms with Gasteiger partial charge in [-0.1, -0.05) is 32.6 Å². The van der Waals surface area contributed by atoms with E-state index in [4.69, 9.17) is 10.00 Å². The van der Waals surface area contributed by atoms with Crippen molar-refractivity contribution in [1.82, 2.24) is 0 Å². The number of hydrogen-bond acceptors (Lipinski definition) is 2. The molecule has 0 aromatic heterocycles. The molecule has 0 unspecified atom stereocenters. The average molecular weight is 277 g/mol. The largest absolute Gasteiger partial charge is 0.381 e. The average Bonchev–Trinajstić information content (AvgIpc) is 2.47. The van der Waals surface area contributed by atoms with Gasteiger partial charge in [0.2, 0.25) is 0 Å². The van der Waals surface area contributed by atoms with Crippen molar-refractivity contribution in [3.63, 3.8) is 0 Å². The Labute approximate surface area is 124 Å². The molecule has 0 bridgehead atoms. The second-order valence-electron chi connectivity index (χ2n) is 7.24. The van der Waals surface area contributed by atoms with Crippen molar-refractivity contribution < 1.29 is 4.74 Å². The molecule has 2 fully saturated rings. The lowest BCUT2D eigenvalue weighted by Gasteiger charge is -2.28. The summed E-state index contributed by atoms with van der Waals surface area (Å²) in [7, 11) is 0. The summed E-state index contributed by atoms with van der Waals surface area (Å²) in [6.07, 6.45) is 12.7. The lowest BCUT2D eigenvalue weighted by atomic mass is 9.79. The van der Waals surface area contributed by atoms with Crippen molar-refractivity contribution in [3.8, 4) is 6.07 Å². The van der Waals surface area contributed by atoms with Gasteiger partial charge in [-0.2, -0.15) is 5.26 Å². The van der Waals surface area contributed by atoms with Gasteiger partial charge in [-0.25, -0.2) is 0 Å². The topological polar surface area (TPSA) is 33.0 Å². The lowest BCUT2D eigenvalue weighted by molar-refractivity contribution is 0.0656. The number of ether oxygens (including phenoxy) is 1. The Morgan fingerprint density at radius 1 is 0.900 bits per heavy atom.